The summed E-state index contributed by atoms with van der Waals surface area (Å²) in [5, 5.41) is 5.93. The molecule has 6 N–H and O–H groups in total. The second kappa shape index (κ2) is 9.48. The number of hydrogen-bond acceptors (Lipinski definition) is 4. The van der Waals surface area contributed by atoms with E-state index in [9.17, 15) is 9.59 Å². The number of nitrogens with two attached hydrogens (primary N) is 2. The zero-order valence-electron chi connectivity index (χ0n) is 16.0. The van der Waals surface area contributed by atoms with E-state index in [-0.39, 0.29) is 23.7 Å². The summed E-state index contributed by atoms with van der Waals surface area (Å²) in [6.45, 7) is 0.967. The molecular formula is C22H28N4O2. The summed E-state index contributed by atoms with van der Waals surface area (Å²) in [5.74, 6) is -0.0578. The van der Waals surface area contributed by atoms with E-state index in [1.54, 1.807) is 0 Å². The first kappa shape index (κ1) is 20.0. The fourth-order valence-corrected chi connectivity index (χ4v) is 3.55. The van der Waals surface area contributed by atoms with Gasteiger partial charge in [-0.25, -0.2) is 0 Å². The monoisotopic (exact) mass is 380 g/mol. The van der Waals surface area contributed by atoms with Gasteiger partial charge in [-0.2, -0.15) is 0 Å². The molecule has 6 heteroatoms. The second-order valence-electron chi connectivity index (χ2n) is 7.33. The number of hydrogen-bond donors (Lipinski definition) is 4. The molecule has 0 heterocycles. The minimum atomic E-state index is -0.0536. The lowest BCUT2D eigenvalue weighted by Crippen LogP contribution is -2.32. The number of anilines is 2. The Morgan fingerprint density at radius 2 is 1.00 bits per heavy atom. The van der Waals surface area contributed by atoms with Crippen LogP contribution < -0.4 is 22.1 Å². The highest BCUT2D eigenvalue weighted by atomic mass is 16.2. The van der Waals surface area contributed by atoms with Crippen molar-refractivity contribution >= 4 is 23.2 Å². The summed E-state index contributed by atoms with van der Waals surface area (Å²) in [4.78, 5) is 25.0. The Morgan fingerprint density at radius 3 is 1.29 bits per heavy atom. The van der Waals surface area contributed by atoms with Crippen LogP contribution in [-0.2, 0) is 22.7 Å². The van der Waals surface area contributed by atoms with Crippen molar-refractivity contribution in [1.29, 1.82) is 0 Å². The molecular weight excluding hydrogens is 352 g/mol. The SMILES string of the molecule is NCc1ccc(NC(=O)[C@H]2CC[C@@H](C(=O)Nc3ccc(CN)cc3)CC2)cc1. The van der Waals surface area contributed by atoms with Gasteiger partial charge in [-0.15, -0.1) is 0 Å². The molecule has 28 heavy (non-hydrogen) atoms. The number of rotatable bonds is 6. The molecule has 3 rings (SSSR count). The van der Waals surface area contributed by atoms with Crippen LogP contribution >= 0.6 is 0 Å². The van der Waals surface area contributed by atoms with Crippen LogP contribution in [0.25, 0.3) is 0 Å². The highest BCUT2D eigenvalue weighted by molar-refractivity contribution is 5.94. The lowest BCUT2D eigenvalue weighted by Gasteiger charge is -2.27. The summed E-state index contributed by atoms with van der Waals surface area (Å²) in [6, 6.07) is 15.1. The summed E-state index contributed by atoms with van der Waals surface area (Å²) >= 11 is 0. The fraction of sp³-hybridized carbons (Fsp3) is 0.364. The molecule has 0 unspecified atom stereocenters. The van der Waals surface area contributed by atoms with Crippen molar-refractivity contribution in [3.63, 3.8) is 0 Å². The summed E-state index contributed by atoms with van der Waals surface area (Å²) in [5.41, 5.74) is 14.8. The lowest BCUT2D eigenvalue weighted by molar-refractivity contribution is -0.125. The molecule has 148 valence electrons. The second-order valence-corrected chi connectivity index (χ2v) is 7.33. The maximum atomic E-state index is 12.5. The molecule has 6 nitrogen and oxygen atoms in total. The highest BCUT2D eigenvalue weighted by Gasteiger charge is 2.30. The quantitative estimate of drug-likeness (QED) is 0.617. The number of amides is 2. The molecule has 2 aromatic rings. The molecule has 0 bridgehead atoms. The van der Waals surface area contributed by atoms with Crippen LogP contribution in [0.5, 0.6) is 0 Å². The Labute approximate surface area is 165 Å². The van der Waals surface area contributed by atoms with Gasteiger partial charge in [0, 0.05) is 36.3 Å². The van der Waals surface area contributed by atoms with Gasteiger partial charge in [-0.1, -0.05) is 24.3 Å². The van der Waals surface area contributed by atoms with Gasteiger partial charge < -0.3 is 22.1 Å². The zero-order valence-corrected chi connectivity index (χ0v) is 16.0. The van der Waals surface area contributed by atoms with Crippen molar-refractivity contribution < 1.29 is 9.59 Å². The third-order valence-corrected chi connectivity index (χ3v) is 5.38. The molecule has 1 fully saturated rings. The zero-order chi connectivity index (χ0) is 19.9. The van der Waals surface area contributed by atoms with E-state index < -0.39 is 0 Å². The number of benzene rings is 2. The first-order valence-corrected chi connectivity index (χ1v) is 9.78. The Balaban J connectivity index is 1.47. The number of carbonyl (C=O) groups is 2. The van der Waals surface area contributed by atoms with Crippen LogP contribution in [0.15, 0.2) is 48.5 Å². The van der Waals surface area contributed by atoms with Crippen LogP contribution in [-0.4, -0.2) is 11.8 Å². The summed E-state index contributed by atoms with van der Waals surface area (Å²) in [6.07, 6.45) is 2.88. The molecule has 0 aromatic heterocycles. The smallest absolute Gasteiger partial charge is 0.227 e. The minimum absolute atomic E-state index is 0.0247. The average molecular weight is 380 g/mol. The minimum Gasteiger partial charge on any atom is -0.326 e. The Kier molecular flexibility index (Phi) is 6.79. The van der Waals surface area contributed by atoms with Crippen molar-refractivity contribution in [3.05, 3.63) is 59.7 Å². The van der Waals surface area contributed by atoms with Gasteiger partial charge in [0.2, 0.25) is 11.8 Å². The van der Waals surface area contributed by atoms with Crippen LogP contribution in [0.3, 0.4) is 0 Å². The summed E-state index contributed by atoms with van der Waals surface area (Å²) in [7, 11) is 0. The van der Waals surface area contributed by atoms with Crippen molar-refractivity contribution in [2.24, 2.45) is 23.3 Å². The first-order chi connectivity index (χ1) is 13.6. The van der Waals surface area contributed by atoms with Crippen molar-refractivity contribution in [2.75, 3.05) is 10.6 Å². The normalized spacial score (nSPS) is 19.1. The van der Waals surface area contributed by atoms with Crippen molar-refractivity contribution in [1.82, 2.24) is 0 Å². The van der Waals surface area contributed by atoms with Crippen molar-refractivity contribution in [2.45, 2.75) is 38.8 Å². The standard InChI is InChI=1S/C22H28N4O2/c23-13-15-1-9-19(10-2-15)25-21(27)17-5-7-18(8-6-17)22(28)26-20-11-3-16(14-24)4-12-20/h1-4,9-12,17-18H,5-8,13-14,23-24H2,(H,25,27)(H,26,28)/t17-,18+. The number of carbonyl (C=O) groups excluding carboxylic acids is 2. The number of nitrogens with one attached hydrogen (secondary N) is 2. The Morgan fingerprint density at radius 1 is 0.679 bits per heavy atom. The van der Waals surface area contributed by atoms with Crippen LogP contribution in [0.2, 0.25) is 0 Å². The maximum Gasteiger partial charge on any atom is 0.227 e. The molecule has 0 radical (unpaired) electrons. The topological polar surface area (TPSA) is 110 Å². The third-order valence-electron chi connectivity index (χ3n) is 5.38. The maximum absolute atomic E-state index is 12.5. The van der Waals surface area contributed by atoms with E-state index in [2.05, 4.69) is 10.6 Å². The molecule has 0 atom stereocenters. The van der Waals surface area contributed by atoms with E-state index in [1.807, 2.05) is 48.5 Å². The molecule has 0 saturated heterocycles. The van der Waals surface area contributed by atoms with Gasteiger partial charge in [-0.05, 0) is 61.1 Å². The molecule has 0 aliphatic heterocycles. The van der Waals surface area contributed by atoms with Crippen molar-refractivity contribution in [3.8, 4) is 0 Å². The largest absolute Gasteiger partial charge is 0.326 e. The molecule has 1 saturated carbocycles. The molecule has 0 spiro atoms. The van der Waals surface area contributed by atoms with E-state index in [1.165, 1.54) is 0 Å². The van der Waals surface area contributed by atoms with Gasteiger partial charge in [0.15, 0.2) is 0 Å². The summed E-state index contributed by atoms with van der Waals surface area (Å²) < 4.78 is 0. The first-order valence-electron chi connectivity index (χ1n) is 9.78. The van der Waals surface area contributed by atoms with Crippen LogP contribution in [0, 0.1) is 11.8 Å². The molecule has 1 aliphatic carbocycles. The molecule has 2 aromatic carbocycles. The van der Waals surface area contributed by atoms with E-state index >= 15 is 0 Å². The molecule has 1 aliphatic rings. The van der Waals surface area contributed by atoms with Crippen LogP contribution in [0.1, 0.15) is 36.8 Å². The lowest BCUT2D eigenvalue weighted by atomic mass is 9.81. The highest BCUT2D eigenvalue weighted by Crippen LogP contribution is 2.30. The predicted molar refractivity (Wildman–Crippen MR) is 111 cm³/mol. The van der Waals surface area contributed by atoms with E-state index in [0.29, 0.717) is 13.1 Å². The van der Waals surface area contributed by atoms with Gasteiger partial charge in [0.1, 0.15) is 0 Å². The Bertz CT molecular complexity index is 725. The predicted octanol–water partition coefficient (Wildman–Crippen LogP) is 2.99. The average Bonchev–Trinajstić information content (AvgIpc) is 2.75. The van der Waals surface area contributed by atoms with E-state index in [0.717, 1.165) is 48.2 Å². The van der Waals surface area contributed by atoms with Gasteiger partial charge in [0.25, 0.3) is 0 Å². The van der Waals surface area contributed by atoms with E-state index in [4.69, 9.17) is 11.5 Å². The third kappa shape index (κ3) is 5.18. The van der Waals surface area contributed by atoms with Gasteiger partial charge >= 0.3 is 0 Å². The van der Waals surface area contributed by atoms with Gasteiger partial charge in [-0.3, -0.25) is 9.59 Å². The fourth-order valence-electron chi connectivity index (χ4n) is 3.55. The van der Waals surface area contributed by atoms with Gasteiger partial charge in [0.05, 0.1) is 0 Å². The molecule has 2 amide bonds. The van der Waals surface area contributed by atoms with Crippen LogP contribution in [0.4, 0.5) is 11.4 Å². The Hall–Kier alpha value is -2.70.